The standard InChI is InChI=1S/C16H16BrNO2/c17-15-7-2-1-5-13(15)8-9-18-11-12-4-3-6-14(10-12)16(19)20/h1-7,10,18H,8-9,11H2,(H,19,20). The number of hydrogen-bond donors (Lipinski definition) is 2. The number of carboxylic acids is 1. The average molecular weight is 334 g/mol. The van der Waals surface area contributed by atoms with Gasteiger partial charge in [0.1, 0.15) is 0 Å². The van der Waals surface area contributed by atoms with Crippen LogP contribution < -0.4 is 5.32 Å². The Morgan fingerprint density at radius 1 is 1.15 bits per heavy atom. The minimum atomic E-state index is -0.889. The summed E-state index contributed by atoms with van der Waals surface area (Å²) in [6.45, 7) is 1.52. The lowest BCUT2D eigenvalue weighted by atomic mass is 10.1. The number of benzene rings is 2. The summed E-state index contributed by atoms with van der Waals surface area (Å²) >= 11 is 3.53. The molecule has 0 saturated heterocycles. The highest BCUT2D eigenvalue weighted by molar-refractivity contribution is 9.10. The molecule has 0 fully saturated rings. The van der Waals surface area contributed by atoms with Gasteiger partial charge in [0.25, 0.3) is 0 Å². The maximum absolute atomic E-state index is 10.9. The van der Waals surface area contributed by atoms with Gasteiger partial charge >= 0.3 is 5.97 Å². The summed E-state index contributed by atoms with van der Waals surface area (Å²) in [5.74, 6) is -0.889. The zero-order chi connectivity index (χ0) is 14.4. The van der Waals surface area contributed by atoms with Crippen LogP contribution in [0.4, 0.5) is 0 Å². The molecule has 2 aromatic carbocycles. The lowest BCUT2D eigenvalue weighted by Gasteiger charge is -2.07. The van der Waals surface area contributed by atoms with Gasteiger partial charge in [-0.2, -0.15) is 0 Å². The molecule has 0 aliphatic rings. The number of carbonyl (C=O) groups is 1. The Hall–Kier alpha value is -1.65. The van der Waals surface area contributed by atoms with Gasteiger partial charge < -0.3 is 10.4 Å². The van der Waals surface area contributed by atoms with Gasteiger partial charge in [-0.05, 0) is 42.3 Å². The van der Waals surface area contributed by atoms with Crippen LogP contribution in [-0.2, 0) is 13.0 Å². The number of nitrogens with one attached hydrogen (secondary N) is 1. The number of aromatic carboxylic acids is 1. The molecule has 0 saturated carbocycles. The van der Waals surface area contributed by atoms with Crippen molar-refractivity contribution in [2.75, 3.05) is 6.54 Å². The van der Waals surface area contributed by atoms with Crippen LogP contribution in [0.1, 0.15) is 21.5 Å². The quantitative estimate of drug-likeness (QED) is 0.795. The van der Waals surface area contributed by atoms with Crippen molar-refractivity contribution in [2.24, 2.45) is 0 Å². The van der Waals surface area contributed by atoms with Crippen molar-refractivity contribution in [3.8, 4) is 0 Å². The Balaban J connectivity index is 1.83. The normalized spacial score (nSPS) is 10.4. The SMILES string of the molecule is O=C(O)c1cccc(CNCCc2ccccc2Br)c1. The Morgan fingerprint density at radius 3 is 2.70 bits per heavy atom. The largest absolute Gasteiger partial charge is 0.478 e. The highest BCUT2D eigenvalue weighted by atomic mass is 79.9. The second kappa shape index (κ2) is 7.22. The molecule has 104 valence electrons. The van der Waals surface area contributed by atoms with Crippen LogP contribution in [0.25, 0.3) is 0 Å². The number of rotatable bonds is 6. The first-order chi connectivity index (χ1) is 9.66. The van der Waals surface area contributed by atoms with Gasteiger partial charge in [0.05, 0.1) is 5.56 Å². The Morgan fingerprint density at radius 2 is 1.95 bits per heavy atom. The monoisotopic (exact) mass is 333 g/mol. The topological polar surface area (TPSA) is 49.3 Å². The molecule has 0 heterocycles. The highest BCUT2D eigenvalue weighted by Crippen LogP contribution is 2.15. The summed E-state index contributed by atoms with van der Waals surface area (Å²) in [5, 5.41) is 12.3. The highest BCUT2D eigenvalue weighted by Gasteiger charge is 2.03. The smallest absolute Gasteiger partial charge is 0.335 e. The summed E-state index contributed by atoms with van der Waals surface area (Å²) in [6.07, 6.45) is 0.931. The molecule has 0 aromatic heterocycles. The van der Waals surface area contributed by atoms with E-state index in [1.165, 1.54) is 5.56 Å². The first-order valence-corrected chi connectivity index (χ1v) is 7.22. The van der Waals surface area contributed by atoms with Crippen molar-refractivity contribution >= 4 is 21.9 Å². The Kier molecular flexibility index (Phi) is 5.32. The second-order valence-electron chi connectivity index (χ2n) is 4.52. The van der Waals surface area contributed by atoms with Crippen LogP contribution in [0.5, 0.6) is 0 Å². The maximum Gasteiger partial charge on any atom is 0.335 e. The van der Waals surface area contributed by atoms with Crippen molar-refractivity contribution in [2.45, 2.75) is 13.0 Å². The zero-order valence-electron chi connectivity index (χ0n) is 11.0. The molecule has 0 amide bonds. The van der Waals surface area contributed by atoms with Crippen molar-refractivity contribution in [3.05, 3.63) is 69.7 Å². The zero-order valence-corrected chi connectivity index (χ0v) is 12.6. The molecule has 0 spiro atoms. The minimum Gasteiger partial charge on any atom is -0.478 e. The van der Waals surface area contributed by atoms with E-state index in [9.17, 15) is 4.79 Å². The molecule has 0 radical (unpaired) electrons. The summed E-state index contributed by atoms with van der Waals surface area (Å²) in [4.78, 5) is 10.9. The number of halogens is 1. The van der Waals surface area contributed by atoms with Crippen molar-refractivity contribution < 1.29 is 9.90 Å². The predicted molar refractivity (Wildman–Crippen MR) is 83.0 cm³/mol. The number of carboxylic acid groups (broad SMARTS) is 1. The Bertz CT molecular complexity index is 599. The van der Waals surface area contributed by atoms with Gasteiger partial charge in [0.2, 0.25) is 0 Å². The van der Waals surface area contributed by atoms with Crippen LogP contribution in [0, 0.1) is 0 Å². The van der Waals surface area contributed by atoms with Crippen LogP contribution in [0.2, 0.25) is 0 Å². The fraction of sp³-hybridized carbons (Fsp3) is 0.188. The lowest BCUT2D eigenvalue weighted by Crippen LogP contribution is -2.17. The molecule has 0 aliphatic heterocycles. The second-order valence-corrected chi connectivity index (χ2v) is 5.38. The van der Waals surface area contributed by atoms with E-state index >= 15 is 0 Å². The minimum absolute atomic E-state index is 0.329. The van der Waals surface area contributed by atoms with Crippen molar-refractivity contribution in [1.29, 1.82) is 0 Å². The van der Waals surface area contributed by atoms with E-state index in [-0.39, 0.29) is 0 Å². The summed E-state index contributed by atoms with van der Waals surface area (Å²) in [6, 6.07) is 15.2. The molecule has 4 heteroatoms. The van der Waals surface area contributed by atoms with E-state index < -0.39 is 5.97 Å². The molecule has 2 N–H and O–H groups in total. The van der Waals surface area contributed by atoms with Gasteiger partial charge in [0.15, 0.2) is 0 Å². The van der Waals surface area contributed by atoms with E-state index in [4.69, 9.17) is 5.11 Å². The van der Waals surface area contributed by atoms with Gasteiger partial charge in [-0.1, -0.05) is 46.3 Å². The molecule has 0 bridgehead atoms. The predicted octanol–water partition coefficient (Wildman–Crippen LogP) is 3.48. The third-order valence-corrected chi connectivity index (χ3v) is 3.81. The molecule has 2 aromatic rings. The van der Waals surface area contributed by atoms with E-state index in [1.54, 1.807) is 18.2 Å². The summed E-state index contributed by atoms with van der Waals surface area (Å²) < 4.78 is 1.12. The van der Waals surface area contributed by atoms with Gasteiger partial charge in [-0.3, -0.25) is 0 Å². The third kappa shape index (κ3) is 4.18. The van der Waals surface area contributed by atoms with E-state index in [0.29, 0.717) is 12.1 Å². The van der Waals surface area contributed by atoms with E-state index in [1.807, 2.05) is 24.3 Å². The van der Waals surface area contributed by atoms with E-state index in [0.717, 1.165) is 23.0 Å². The van der Waals surface area contributed by atoms with Crippen molar-refractivity contribution in [1.82, 2.24) is 5.32 Å². The maximum atomic E-state index is 10.9. The summed E-state index contributed by atoms with van der Waals surface area (Å²) in [7, 11) is 0. The van der Waals surface area contributed by atoms with Gasteiger partial charge in [0, 0.05) is 11.0 Å². The molecule has 3 nitrogen and oxygen atoms in total. The van der Waals surface area contributed by atoms with E-state index in [2.05, 4.69) is 27.3 Å². The average Bonchev–Trinajstić information content (AvgIpc) is 2.45. The molecular weight excluding hydrogens is 318 g/mol. The lowest BCUT2D eigenvalue weighted by molar-refractivity contribution is 0.0696. The molecule has 0 unspecified atom stereocenters. The fourth-order valence-corrected chi connectivity index (χ4v) is 2.45. The summed E-state index contributed by atoms with van der Waals surface area (Å²) in [5.41, 5.74) is 2.58. The molecule has 0 atom stereocenters. The molecule has 20 heavy (non-hydrogen) atoms. The van der Waals surface area contributed by atoms with Gasteiger partial charge in [-0.25, -0.2) is 4.79 Å². The van der Waals surface area contributed by atoms with Crippen LogP contribution in [0.3, 0.4) is 0 Å². The molecule has 2 rings (SSSR count). The molecule has 0 aliphatic carbocycles. The van der Waals surface area contributed by atoms with Crippen LogP contribution in [-0.4, -0.2) is 17.6 Å². The first kappa shape index (κ1) is 14.8. The fourth-order valence-electron chi connectivity index (χ4n) is 1.97. The Labute approximate surface area is 126 Å². The van der Waals surface area contributed by atoms with Crippen LogP contribution in [0.15, 0.2) is 53.0 Å². The third-order valence-electron chi connectivity index (χ3n) is 3.03. The first-order valence-electron chi connectivity index (χ1n) is 6.43. The van der Waals surface area contributed by atoms with Gasteiger partial charge in [-0.15, -0.1) is 0 Å². The van der Waals surface area contributed by atoms with Crippen molar-refractivity contribution in [3.63, 3.8) is 0 Å². The van der Waals surface area contributed by atoms with Crippen LogP contribution >= 0.6 is 15.9 Å². The molecular formula is C16H16BrNO2. The number of hydrogen-bond acceptors (Lipinski definition) is 2.